The summed E-state index contributed by atoms with van der Waals surface area (Å²) in [6, 6.07) is 7.75. The number of amides is 1. The van der Waals surface area contributed by atoms with Crippen molar-refractivity contribution in [2.24, 2.45) is 13.0 Å². The summed E-state index contributed by atoms with van der Waals surface area (Å²) in [5.41, 5.74) is 1.75. The number of aryl methyl sites for hydroxylation is 2. The van der Waals surface area contributed by atoms with E-state index in [1.807, 2.05) is 26.2 Å². The number of nitrogens with zero attached hydrogens (tertiary/aromatic N) is 6. The van der Waals surface area contributed by atoms with Gasteiger partial charge in [0.05, 0.1) is 16.8 Å². The number of piperazine rings is 1. The molecule has 14 heteroatoms. The van der Waals surface area contributed by atoms with Gasteiger partial charge in [-0.2, -0.15) is 18.5 Å². The largest absolute Gasteiger partial charge is 0.352 e. The Hall–Kier alpha value is -3.65. The minimum Gasteiger partial charge on any atom is -0.352 e. The first-order valence-corrected chi connectivity index (χ1v) is 13.9. The number of alkyl halides is 2. The Morgan fingerprint density at radius 1 is 1.13 bits per heavy atom. The lowest BCUT2D eigenvalue weighted by Gasteiger charge is -2.41. The lowest BCUT2D eigenvalue weighted by molar-refractivity contribution is -0.138. The topological polar surface area (TPSA) is 134 Å². The van der Waals surface area contributed by atoms with Crippen molar-refractivity contribution in [3.63, 3.8) is 0 Å². The van der Waals surface area contributed by atoms with Crippen LogP contribution in [0.1, 0.15) is 24.8 Å². The summed E-state index contributed by atoms with van der Waals surface area (Å²) < 4.78 is 57.9. The molecule has 3 aliphatic rings. The van der Waals surface area contributed by atoms with Crippen LogP contribution >= 0.6 is 0 Å². The number of benzene rings is 1. The van der Waals surface area contributed by atoms with E-state index in [0.29, 0.717) is 19.0 Å². The average Bonchev–Trinajstić information content (AvgIpc) is 3.18. The van der Waals surface area contributed by atoms with E-state index in [1.165, 1.54) is 12.1 Å². The molecule has 2 bridgehead atoms. The first-order valence-electron chi connectivity index (χ1n) is 12.5. The normalized spacial score (nSPS) is 23.2. The fraction of sp³-hybridized carbons (Fsp3) is 0.440. The third-order valence-electron chi connectivity index (χ3n) is 7.11. The molecular formula is C25H29F2N7O4S. The first kappa shape index (κ1) is 26.9. The molecule has 208 valence electrons. The molecule has 1 amide bonds. The van der Waals surface area contributed by atoms with Gasteiger partial charge in [-0.1, -0.05) is 17.7 Å². The van der Waals surface area contributed by atoms with Crippen LogP contribution in [0.2, 0.25) is 0 Å². The fourth-order valence-electron chi connectivity index (χ4n) is 5.02. The molecule has 0 spiro atoms. The monoisotopic (exact) mass is 561 g/mol. The highest BCUT2D eigenvalue weighted by atomic mass is 32.2. The minimum absolute atomic E-state index is 0.0349. The summed E-state index contributed by atoms with van der Waals surface area (Å²) in [6.07, 6.45) is 6.59. The second kappa shape index (κ2) is 10.2. The standard InChI is InChI=1S/C18H21F2N7O.C7H8O3S/c1-25-8-11(7-22-25)23-17-21-5-4-15(24-17)26-9-12-2-3-13(10-26)27(12)16(28)14-6-18(14,19)20;1-6-2-4-7(5-3-6)11(8,9)10/h4-5,7-8,12-14H,2-3,6,9-10H2,1H3,(H,21,23,24);2-5H,1H3,(H,8,9,10)/t12-,13?,14?;/m0./s1. The Balaban J connectivity index is 0.000000237. The molecule has 2 saturated heterocycles. The molecule has 6 rings (SSSR count). The molecule has 1 aliphatic carbocycles. The zero-order valence-electron chi connectivity index (χ0n) is 21.4. The fourth-order valence-corrected chi connectivity index (χ4v) is 5.50. The number of carbonyl (C=O) groups is 1. The summed E-state index contributed by atoms with van der Waals surface area (Å²) in [7, 11) is -2.19. The van der Waals surface area contributed by atoms with E-state index in [4.69, 9.17) is 4.55 Å². The Bertz CT molecular complexity index is 1450. The summed E-state index contributed by atoms with van der Waals surface area (Å²) in [5, 5.41) is 7.23. The summed E-state index contributed by atoms with van der Waals surface area (Å²) >= 11 is 0. The molecule has 2 N–H and O–H groups in total. The maximum absolute atomic E-state index is 13.4. The van der Waals surface area contributed by atoms with Crippen molar-refractivity contribution < 1.29 is 26.5 Å². The van der Waals surface area contributed by atoms with E-state index >= 15 is 0 Å². The quantitative estimate of drug-likeness (QED) is 0.451. The van der Waals surface area contributed by atoms with Gasteiger partial charge in [-0.3, -0.25) is 14.0 Å². The van der Waals surface area contributed by atoms with Crippen LogP contribution in [0.4, 0.5) is 26.2 Å². The number of fused-ring (bicyclic) bond motifs is 2. The molecule has 3 fully saturated rings. The van der Waals surface area contributed by atoms with Crippen molar-refractivity contribution in [2.75, 3.05) is 23.3 Å². The molecule has 4 heterocycles. The summed E-state index contributed by atoms with van der Waals surface area (Å²) in [4.78, 5) is 25.1. The number of halogens is 2. The smallest absolute Gasteiger partial charge is 0.294 e. The zero-order valence-corrected chi connectivity index (χ0v) is 22.2. The first-order chi connectivity index (χ1) is 18.4. The van der Waals surface area contributed by atoms with Gasteiger partial charge >= 0.3 is 0 Å². The highest BCUT2D eigenvalue weighted by molar-refractivity contribution is 7.85. The van der Waals surface area contributed by atoms with Gasteiger partial charge in [0.25, 0.3) is 16.0 Å². The third-order valence-corrected chi connectivity index (χ3v) is 7.97. The number of nitrogens with one attached hydrogen (secondary N) is 1. The van der Waals surface area contributed by atoms with E-state index in [9.17, 15) is 22.0 Å². The Morgan fingerprint density at radius 3 is 2.31 bits per heavy atom. The van der Waals surface area contributed by atoms with Crippen molar-refractivity contribution >= 4 is 33.5 Å². The molecule has 11 nitrogen and oxygen atoms in total. The van der Waals surface area contributed by atoms with Gasteiger partial charge in [0.1, 0.15) is 11.7 Å². The average molecular weight is 562 g/mol. The van der Waals surface area contributed by atoms with Gasteiger partial charge in [-0.05, 0) is 38.0 Å². The van der Waals surface area contributed by atoms with Crippen molar-refractivity contribution in [1.29, 1.82) is 0 Å². The van der Waals surface area contributed by atoms with Crippen LogP contribution in [-0.4, -0.2) is 74.6 Å². The number of aromatic nitrogens is 4. The molecule has 0 radical (unpaired) electrons. The summed E-state index contributed by atoms with van der Waals surface area (Å²) in [5.74, 6) is -3.07. The second-order valence-corrected chi connectivity index (χ2v) is 11.5. The van der Waals surface area contributed by atoms with Crippen LogP contribution in [0.15, 0.2) is 53.8 Å². The maximum Gasteiger partial charge on any atom is 0.294 e. The Labute approximate surface area is 224 Å². The van der Waals surface area contributed by atoms with Crippen molar-refractivity contribution in [3.05, 3.63) is 54.5 Å². The van der Waals surface area contributed by atoms with E-state index < -0.39 is 22.0 Å². The van der Waals surface area contributed by atoms with Gasteiger partial charge in [-0.25, -0.2) is 13.8 Å². The predicted molar refractivity (Wildman–Crippen MR) is 138 cm³/mol. The van der Waals surface area contributed by atoms with E-state index in [0.717, 1.165) is 29.9 Å². The lowest BCUT2D eigenvalue weighted by atomic mass is 10.1. The lowest BCUT2D eigenvalue weighted by Crippen LogP contribution is -2.56. The molecule has 1 aromatic carbocycles. The number of hydrogen-bond acceptors (Lipinski definition) is 8. The summed E-state index contributed by atoms with van der Waals surface area (Å²) in [6.45, 7) is 3.04. The molecule has 2 aliphatic heterocycles. The molecule has 2 aromatic heterocycles. The van der Waals surface area contributed by atoms with Crippen molar-refractivity contribution in [2.45, 2.75) is 49.1 Å². The molecule has 3 atom stereocenters. The number of rotatable bonds is 5. The second-order valence-electron chi connectivity index (χ2n) is 10.1. The van der Waals surface area contributed by atoms with Gasteiger partial charge in [0.2, 0.25) is 11.9 Å². The molecule has 3 aromatic rings. The van der Waals surface area contributed by atoms with Crippen LogP contribution in [-0.2, 0) is 22.0 Å². The van der Waals surface area contributed by atoms with E-state index in [-0.39, 0.29) is 29.3 Å². The minimum atomic E-state index is -4.02. The van der Waals surface area contributed by atoms with E-state index in [2.05, 4.69) is 25.3 Å². The Morgan fingerprint density at radius 2 is 1.77 bits per heavy atom. The van der Waals surface area contributed by atoms with Gasteiger partial charge in [0, 0.05) is 51.0 Å². The third kappa shape index (κ3) is 6.01. The molecule has 1 saturated carbocycles. The van der Waals surface area contributed by atoms with Gasteiger partial charge in [-0.15, -0.1) is 0 Å². The van der Waals surface area contributed by atoms with Crippen LogP contribution in [0, 0.1) is 12.8 Å². The molecular weight excluding hydrogens is 532 g/mol. The van der Waals surface area contributed by atoms with Crippen LogP contribution < -0.4 is 10.2 Å². The zero-order chi connectivity index (χ0) is 27.9. The SMILES string of the molecule is Cc1ccc(S(=O)(=O)O)cc1.Cn1cc(Nc2nccc(N3CC4CC[C@@H](C3)N4C(=O)C3CC3(F)F)n2)cn1. The highest BCUT2D eigenvalue weighted by Crippen LogP contribution is 2.51. The predicted octanol–water partition coefficient (Wildman–Crippen LogP) is 3.03. The van der Waals surface area contributed by atoms with Gasteiger partial charge < -0.3 is 15.1 Å². The van der Waals surface area contributed by atoms with Gasteiger partial charge in [0.15, 0.2) is 0 Å². The van der Waals surface area contributed by atoms with Crippen LogP contribution in [0.5, 0.6) is 0 Å². The van der Waals surface area contributed by atoms with Crippen LogP contribution in [0.3, 0.4) is 0 Å². The highest BCUT2D eigenvalue weighted by Gasteiger charge is 2.64. The number of anilines is 3. The van der Waals surface area contributed by atoms with Crippen molar-refractivity contribution in [1.82, 2.24) is 24.6 Å². The molecule has 39 heavy (non-hydrogen) atoms. The van der Waals surface area contributed by atoms with Crippen LogP contribution in [0.25, 0.3) is 0 Å². The maximum atomic E-state index is 13.4. The Kier molecular flexibility index (Phi) is 7.01. The van der Waals surface area contributed by atoms with E-state index in [1.54, 1.807) is 34.1 Å². The number of hydrogen-bond donors (Lipinski definition) is 2. The number of carbonyl (C=O) groups excluding carboxylic acids is 1. The van der Waals surface area contributed by atoms with Crippen molar-refractivity contribution in [3.8, 4) is 0 Å². The molecule has 2 unspecified atom stereocenters.